The lowest BCUT2D eigenvalue weighted by molar-refractivity contribution is -0.123. The lowest BCUT2D eigenvalue weighted by atomic mass is 10.0. The van der Waals surface area contributed by atoms with Crippen molar-refractivity contribution < 1.29 is 9.53 Å². The highest BCUT2D eigenvalue weighted by Crippen LogP contribution is 2.19. The fourth-order valence-electron chi connectivity index (χ4n) is 3.18. The van der Waals surface area contributed by atoms with Crippen LogP contribution in [-0.4, -0.2) is 50.8 Å². The van der Waals surface area contributed by atoms with Gasteiger partial charge in [-0.1, -0.05) is 18.2 Å². The van der Waals surface area contributed by atoms with Crippen LogP contribution in [0.2, 0.25) is 0 Å². The number of piperidine rings is 1. The van der Waals surface area contributed by atoms with E-state index in [-0.39, 0.29) is 11.9 Å². The van der Waals surface area contributed by atoms with Crippen LogP contribution in [0, 0.1) is 0 Å². The average Bonchev–Trinajstić information content (AvgIpc) is 2.57. The van der Waals surface area contributed by atoms with E-state index in [1.807, 2.05) is 6.07 Å². The Bertz CT molecular complexity index is 466. The van der Waals surface area contributed by atoms with Crippen molar-refractivity contribution in [2.24, 2.45) is 0 Å². The molecule has 0 aliphatic carbocycles. The first-order valence-electron chi connectivity index (χ1n) is 8.22. The van der Waals surface area contributed by atoms with Crippen LogP contribution in [0.15, 0.2) is 30.3 Å². The summed E-state index contributed by atoms with van der Waals surface area (Å²) < 4.78 is 5.39. The van der Waals surface area contributed by atoms with Crippen LogP contribution in [-0.2, 0) is 9.53 Å². The van der Waals surface area contributed by atoms with Crippen molar-refractivity contribution in [1.82, 2.24) is 10.6 Å². The highest BCUT2D eigenvalue weighted by Gasteiger charge is 2.23. The van der Waals surface area contributed by atoms with E-state index in [1.165, 1.54) is 5.69 Å². The van der Waals surface area contributed by atoms with Crippen molar-refractivity contribution in [3.63, 3.8) is 0 Å². The summed E-state index contributed by atoms with van der Waals surface area (Å²) in [6.45, 7) is 4.23. The van der Waals surface area contributed by atoms with Crippen LogP contribution in [0.3, 0.4) is 0 Å². The summed E-state index contributed by atoms with van der Waals surface area (Å²) in [5.41, 5.74) is 1.27. The molecule has 1 aromatic carbocycles. The zero-order valence-corrected chi connectivity index (χ0v) is 13.0. The fraction of sp³-hybridized carbons (Fsp3) is 0.588. The minimum absolute atomic E-state index is 0.140. The fourth-order valence-corrected chi connectivity index (χ4v) is 3.18. The number of anilines is 1. The zero-order chi connectivity index (χ0) is 15.2. The van der Waals surface area contributed by atoms with Crippen LogP contribution >= 0.6 is 0 Å². The third-order valence-corrected chi connectivity index (χ3v) is 4.41. The van der Waals surface area contributed by atoms with Crippen molar-refractivity contribution in [2.75, 3.05) is 37.7 Å². The van der Waals surface area contributed by atoms with E-state index in [0.717, 1.165) is 39.1 Å². The molecule has 2 N–H and O–H groups in total. The quantitative estimate of drug-likeness (QED) is 0.876. The molecule has 0 aromatic heterocycles. The normalized spacial score (nSPS) is 23.3. The molecular weight excluding hydrogens is 278 g/mol. The molecular formula is C17H25N3O2. The number of hydrogen-bond acceptors (Lipinski definition) is 4. The Balaban J connectivity index is 1.41. The van der Waals surface area contributed by atoms with Gasteiger partial charge in [0, 0.05) is 43.8 Å². The molecule has 0 radical (unpaired) electrons. The number of para-hydroxylation sites is 1. The number of nitrogens with one attached hydrogen (secondary N) is 2. The van der Waals surface area contributed by atoms with E-state index in [9.17, 15) is 4.79 Å². The van der Waals surface area contributed by atoms with Gasteiger partial charge in [0.1, 0.15) is 0 Å². The lowest BCUT2D eigenvalue weighted by Crippen LogP contribution is -2.48. The Morgan fingerprint density at radius 1 is 1.27 bits per heavy atom. The number of morpholine rings is 1. The molecule has 1 unspecified atom stereocenters. The van der Waals surface area contributed by atoms with Gasteiger partial charge in [-0.3, -0.25) is 4.79 Å². The molecule has 2 aliphatic heterocycles. The molecule has 0 spiro atoms. The van der Waals surface area contributed by atoms with Gasteiger partial charge in [-0.05, 0) is 25.0 Å². The average molecular weight is 303 g/mol. The number of ether oxygens (including phenoxy) is 1. The number of amides is 1. The van der Waals surface area contributed by atoms with E-state index in [1.54, 1.807) is 0 Å². The molecule has 2 fully saturated rings. The van der Waals surface area contributed by atoms with Gasteiger partial charge in [0.25, 0.3) is 0 Å². The van der Waals surface area contributed by atoms with Gasteiger partial charge < -0.3 is 20.3 Å². The van der Waals surface area contributed by atoms with Gasteiger partial charge in [-0.15, -0.1) is 0 Å². The van der Waals surface area contributed by atoms with E-state index >= 15 is 0 Å². The molecule has 3 rings (SSSR count). The Labute approximate surface area is 132 Å². The second-order valence-corrected chi connectivity index (χ2v) is 6.09. The van der Waals surface area contributed by atoms with Gasteiger partial charge in [-0.2, -0.15) is 0 Å². The SMILES string of the molecule is O=C(CC1COCCN1)NC1CCN(c2ccccc2)CC1. The molecule has 22 heavy (non-hydrogen) atoms. The molecule has 0 bridgehead atoms. The molecule has 5 heteroatoms. The highest BCUT2D eigenvalue weighted by atomic mass is 16.5. The van der Waals surface area contributed by atoms with Crippen LogP contribution in [0.4, 0.5) is 5.69 Å². The maximum Gasteiger partial charge on any atom is 0.221 e. The summed E-state index contributed by atoms with van der Waals surface area (Å²) in [6, 6.07) is 10.9. The number of carbonyl (C=O) groups is 1. The molecule has 2 heterocycles. The first-order chi connectivity index (χ1) is 10.8. The Hall–Kier alpha value is -1.59. The number of hydrogen-bond donors (Lipinski definition) is 2. The number of carbonyl (C=O) groups excluding carboxylic acids is 1. The van der Waals surface area contributed by atoms with Crippen molar-refractivity contribution in [1.29, 1.82) is 0 Å². The van der Waals surface area contributed by atoms with Crippen LogP contribution in [0.5, 0.6) is 0 Å². The predicted molar refractivity (Wildman–Crippen MR) is 87.0 cm³/mol. The van der Waals surface area contributed by atoms with Crippen LogP contribution < -0.4 is 15.5 Å². The van der Waals surface area contributed by atoms with Crippen molar-refractivity contribution in [2.45, 2.75) is 31.3 Å². The summed E-state index contributed by atoms with van der Waals surface area (Å²) in [7, 11) is 0. The predicted octanol–water partition coefficient (Wildman–Crippen LogP) is 1.15. The summed E-state index contributed by atoms with van der Waals surface area (Å²) in [5, 5.41) is 6.50. The summed E-state index contributed by atoms with van der Waals surface area (Å²) >= 11 is 0. The second-order valence-electron chi connectivity index (χ2n) is 6.09. The molecule has 2 saturated heterocycles. The second kappa shape index (κ2) is 7.61. The molecule has 1 atom stereocenters. The summed E-state index contributed by atoms with van der Waals surface area (Å²) in [5.74, 6) is 0.140. The topological polar surface area (TPSA) is 53.6 Å². The summed E-state index contributed by atoms with van der Waals surface area (Å²) in [4.78, 5) is 14.5. The maximum absolute atomic E-state index is 12.1. The molecule has 120 valence electrons. The van der Waals surface area contributed by atoms with E-state index in [0.29, 0.717) is 19.1 Å². The Morgan fingerprint density at radius 3 is 2.73 bits per heavy atom. The number of nitrogens with zero attached hydrogens (tertiary/aromatic N) is 1. The van der Waals surface area contributed by atoms with E-state index in [2.05, 4.69) is 39.8 Å². The smallest absolute Gasteiger partial charge is 0.221 e. The lowest BCUT2D eigenvalue weighted by Gasteiger charge is -2.34. The summed E-state index contributed by atoms with van der Waals surface area (Å²) in [6.07, 6.45) is 2.53. The van der Waals surface area contributed by atoms with Crippen molar-refractivity contribution in [3.05, 3.63) is 30.3 Å². The molecule has 1 amide bonds. The van der Waals surface area contributed by atoms with Gasteiger partial charge in [0.05, 0.1) is 13.2 Å². The number of rotatable bonds is 4. The first-order valence-corrected chi connectivity index (χ1v) is 8.22. The van der Waals surface area contributed by atoms with Gasteiger partial charge in [0.2, 0.25) is 5.91 Å². The first kappa shape index (κ1) is 15.3. The minimum Gasteiger partial charge on any atom is -0.378 e. The van der Waals surface area contributed by atoms with Crippen molar-refractivity contribution in [3.8, 4) is 0 Å². The molecule has 2 aliphatic rings. The van der Waals surface area contributed by atoms with Crippen LogP contribution in [0.1, 0.15) is 19.3 Å². The van der Waals surface area contributed by atoms with Gasteiger partial charge in [0.15, 0.2) is 0 Å². The van der Waals surface area contributed by atoms with E-state index < -0.39 is 0 Å². The molecule has 0 saturated carbocycles. The standard InChI is InChI=1S/C17H25N3O2/c21-17(12-15-13-22-11-8-18-15)19-14-6-9-20(10-7-14)16-4-2-1-3-5-16/h1-5,14-15,18H,6-13H2,(H,19,21). The monoisotopic (exact) mass is 303 g/mol. The highest BCUT2D eigenvalue weighted by molar-refractivity contribution is 5.77. The van der Waals surface area contributed by atoms with Gasteiger partial charge >= 0.3 is 0 Å². The molecule has 5 nitrogen and oxygen atoms in total. The third kappa shape index (κ3) is 4.21. The van der Waals surface area contributed by atoms with Crippen LogP contribution in [0.25, 0.3) is 0 Å². The maximum atomic E-state index is 12.1. The van der Waals surface area contributed by atoms with E-state index in [4.69, 9.17) is 4.74 Å². The third-order valence-electron chi connectivity index (χ3n) is 4.41. The van der Waals surface area contributed by atoms with Gasteiger partial charge in [-0.25, -0.2) is 0 Å². The molecule has 1 aromatic rings. The Morgan fingerprint density at radius 2 is 2.05 bits per heavy atom. The number of benzene rings is 1. The largest absolute Gasteiger partial charge is 0.378 e. The van der Waals surface area contributed by atoms with Crippen molar-refractivity contribution >= 4 is 11.6 Å². The minimum atomic E-state index is 0.140. The Kier molecular flexibility index (Phi) is 5.29. The zero-order valence-electron chi connectivity index (χ0n) is 13.0.